The molecule has 1 aliphatic carbocycles. The smallest absolute Gasteiger partial charge is 0.0653 e. The van der Waals surface area contributed by atoms with Crippen molar-refractivity contribution in [1.29, 1.82) is 0 Å². The molecule has 0 aromatic rings. The number of rotatable bonds is 3. The summed E-state index contributed by atoms with van der Waals surface area (Å²) < 4.78 is 0. The van der Waals surface area contributed by atoms with Crippen LogP contribution in [0.15, 0.2) is 12.2 Å². The van der Waals surface area contributed by atoms with Crippen LogP contribution in [0.1, 0.15) is 40.0 Å². The van der Waals surface area contributed by atoms with E-state index in [-0.39, 0.29) is 17.8 Å². The van der Waals surface area contributed by atoms with Gasteiger partial charge in [-0.05, 0) is 6.42 Å². The third kappa shape index (κ3) is 3.05. The molecule has 0 saturated heterocycles. The molecule has 0 aliphatic heterocycles. The van der Waals surface area contributed by atoms with Crippen LogP contribution in [0.25, 0.3) is 0 Å². The van der Waals surface area contributed by atoms with E-state index in [0.29, 0.717) is 0 Å². The predicted molar refractivity (Wildman–Crippen MR) is 62.5 cm³/mol. The molecule has 2 heteroatoms. The summed E-state index contributed by atoms with van der Waals surface area (Å²) in [7, 11) is 0. The lowest BCUT2D eigenvalue weighted by Crippen LogP contribution is -2.35. The van der Waals surface area contributed by atoms with Crippen molar-refractivity contribution in [3.63, 3.8) is 0 Å². The van der Waals surface area contributed by atoms with Gasteiger partial charge >= 0.3 is 0 Å². The van der Waals surface area contributed by atoms with Crippen LogP contribution in [-0.4, -0.2) is 22.4 Å². The van der Waals surface area contributed by atoms with Gasteiger partial charge in [0.2, 0.25) is 0 Å². The van der Waals surface area contributed by atoms with Crippen LogP contribution in [0.4, 0.5) is 0 Å². The normalized spacial score (nSPS) is 41.5. The van der Waals surface area contributed by atoms with Crippen molar-refractivity contribution in [2.24, 2.45) is 17.8 Å². The van der Waals surface area contributed by atoms with E-state index < -0.39 is 12.2 Å². The summed E-state index contributed by atoms with van der Waals surface area (Å²) in [6.45, 7) is 6.11. The maximum absolute atomic E-state index is 10.1. The molecular formula is C13H24O2. The minimum absolute atomic E-state index is 0.0307. The molecule has 0 radical (unpaired) electrons. The van der Waals surface area contributed by atoms with Crippen molar-refractivity contribution < 1.29 is 10.2 Å². The van der Waals surface area contributed by atoms with Gasteiger partial charge in [0.1, 0.15) is 0 Å². The first kappa shape index (κ1) is 12.7. The number of hydrogen-bond acceptors (Lipinski definition) is 2. The second-order valence-corrected chi connectivity index (χ2v) is 4.89. The van der Waals surface area contributed by atoms with E-state index in [1.807, 2.05) is 13.8 Å². The van der Waals surface area contributed by atoms with Gasteiger partial charge in [0, 0.05) is 17.8 Å². The number of unbranched alkanes of at least 4 members (excludes halogenated alkanes) is 1. The number of hydrogen-bond donors (Lipinski definition) is 2. The molecule has 15 heavy (non-hydrogen) atoms. The molecule has 0 amide bonds. The van der Waals surface area contributed by atoms with Crippen LogP contribution in [-0.2, 0) is 0 Å². The van der Waals surface area contributed by atoms with E-state index in [1.165, 1.54) is 0 Å². The van der Waals surface area contributed by atoms with Gasteiger partial charge in [0.15, 0.2) is 0 Å². The molecule has 0 bridgehead atoms. The highest BCUT2D eigenvalue weighted by molar-refractivity contribution is 5.02. The Morgan fingerprint density at radius 1 is 1.07 bits per heavy atom. The van der Waals surface area contributed by atoms with Crippen molar-refractivity contribution in [2.45, 2.75) is 52.2 Å². The van der Waals surface area contributed by atoms with E-state index in [9.17, 15) is 10.2 Å². The highest BCUT2D eigenvalue weighted by Gasteiger charge is 2.32. The Morgan fingerprint density at radius 2 is 1.73 bits per heavy atom. The Bertz CT molecular complexity index is 213. The second kappa shape index (κ2) is 5.66. The molecule has 0 fully saturated rings. The van der Waals surface area contributed by atoms with Gasteiger partial charge in [-0.2, -0.15) is 0 Å². The fourth-order valence-electron chi connectivity index (χ4n) is 2.32. The number of aliphatic hydroxyl groups excluding tert-OH is 2. The minimum atomic E-state index is -0.414. The summed E-state index contributed by atoms with van der Waals surface area (Å²) in [5, 5.41) is 20.0. The SMILES string of the molecule is CCCC[C@H]1C=C[C@H](C)[C@H](O)[C@H](C)[C@H]1O. The summed E-state index contributed by atoms with van der Waals surface area (Å²) in [4.78, 5) is 0. The zero-order valence-corrected chi connectivity index (χ0v) is 10.1. The van der Waals surface area contributed by atoms with Crippen LogP contribution in [0.5, 0.6) is 0 Å². The quantitative estimate of drug-likeness (QED) is 0.705. The van der Waals surface area contributed by atoms with Crippen molar-refractivity contribution in [3.8, 4) is 0 Å². The third-order valence-electron chi connectivity index (χ3n) is 3.61. The van der Waals surface area contributed by atoms with E-state index in [1.54, 1.807) is 0 Å². The summed E-state index contributed by atoms with van der Waals surface area (Å²) >= 11 is 0. The molecule has 2 N–H and O–H groups in total. The van der Waals surface area contributed by atoms with Crippen LogP contribution < -0.4 is 0 Å². The van der Waals surface area contributed by atoms with Crippen molar-refractivity contribution >= 4 is 0 Å². The zero-order valence-electron chi connectivity index (χ0n) is 10.1. The molecule has 0 spiro atoms. The Morgan fingerprint density at radius 3 is 2.33 bits per heavy atom. The lowest BCUT2D eigenvalue weighted by molar-refractivity contribution is -0.0103. The van der Waals surface area contributed by atoms with E-state index in [2.05, 4.69) is 19.1 Å². The second-order valence-electron chi connectivity index (χ2n) is 4.89. The van der Waals surface area contributed by atoms with Crippen LogP contribution in [0.2, 0.25) is 0 Å². The highest BCUT2D eigenvalue weighted by atomic mass is 16.3. The molecule has 88 valence electrons. The van der Waals surface area contributed by atoms with Crippen molar-refractivity contribution in [2.75, 3.05) is 0 Å². The first-order chi connectivity index (χ1) is 7.07. The summed E-state index contributed by atoms with van der Waals surface area (Å²) in [6.07, 6.45) is 6.66. The first-order valence-electron chi connectivity index (χ1n) is 6.12. The van der Waals surface area contributed by atoms with Crippen LogP contribution >= 0.6 is 0 Å². The number of aliphatic hydroxyl groups is 2. The molecule has 2 nitrogen and oxygen atoms in total. The predicted octanol–water partition coefficient (Wildman–Crippen LogP) is 2.36. The molecule has 5 atom stereocenters. The minimum Gasteiger partial charge on any atom is -0.392 e. The maximum Gasteiger partial charge on any atom is 0.0653 e. The van der Waals surface area contributed by atoms with Crippen molar-refractivity contribution in [3.05, 3.63) is 12.2 Å². The monoisotopic (exact) mass is 212 g/mol. The third-order valence-corrected chi connectivity index (χ3v) is 3.61. The fraction of sp³-hybridized carbons (Fsp3) is 0.846. The Balaban J connectivity index is 2.68. The molecule has 0 aromatic heterocycles. The average molecular weight is 212 g/mol. The topological polar surface area (TPSA) is 40.5 Å². The van der Waals surface area contributed by atoms with E-state index in [4.69, 9.17) is 0 Å². The molecular weight excluding hydrogens is 188 g/mol. The standard InChI is InChI=1S/C13H24O2/c1-4-5-6-11-8-7-9(2)12(14)10(3)13(11)15/h7-15H,4-6H2,1-3H3/t9-,10-,11-,12-,13+/m0/s1. The van der Waals surface area contributed by atoms with Gasteiger partial charge in [-0.3, -0.25) is 0 Å². The molecule has 0 heterocycles. The molecule has 1 aliphatic rings. The van der Waals surface area contributed by atoms with Gasteiger partial charge in [0.25, 0.3) is 0 Å². The van der Waals surface area contributed by atoms with Gasteiger partial charge < -0.3 is 10.2 Å². The van der Waals surface area contributed by atoms with Crippen LogP contribution in [0, 0.1) is 17.8 Å². The van der Waals surface area contributed by atoms with Gasteiger partial charge in [0.05, 0.1) is 12.2 Å². The maximum atomic E-state index is 10.1. The summed E-state index contributed by atoms with van der Waals surface area (Å²) in [5.74, 6) is 0.345. The van der Waals surface area contributed by atoms with E-state index >= 15 is 0 Å². The van der Waals surface area contributed by atoms with E-state index in [0.717, 1.165) is 19.3 Å². The summed E-state index contributed by atoms with van der Waals surface area (Å²) in [5.41, 5.74) is 0. The van der Waals surface area contributed by atoms with Crippen LogP contribution in [0.3, 0.4) is 0 Å². The lowest BCUT2D eigenvalue weighted by atomic mass is 9.85. The molecule has 1 rings (SSSR count). The highest BCUT2D eigenvalue weighted by Crippen LogP contribution is 2.29. The van der Waals surface area contributed by atoms with Gasteiger partial charge in [-0.15, -0.1) is 0 Å². The Kier molecular flexibility index (Phi) is 4.81. The first-order valence-corrected chi connectivity index (χ1v) is 6.12. The zero-order chi connectivity index (χ0) is 11.4. The van der Waals surface area contributed by atoms with Gasteiger partial charge in [-0.25, -0.2) is 0 Å². The fourth-order valence-corrected chi connectivity index (χ4v) is 2.32. The Labute approximate surface area is 93.0 Å². The largest absolute Gasteiger partial charge is 0.392 e. The molecule has 0 saturated carbocycles. The lowest BCUT2D eigenvalue weighted by Gasteiger charge is -2.27. The molecule has 0 unspecified atom stereocenters. The van der Waals surface area contributed by atoms with Crippen molar-refractivity contribution in [1.82, 2.24) is 0 Å². The van der Waals surface area contributed by atoms with Gasteiger partial charge in [-0.1, -0.05) is 45.8 Å². The molecule has 0 aromatic carbocycles. The summed E-state index contributed by atoms with van der Waals surface area (Å²) in [6, 6.07) is 0. The Hall–Kier alpha value is -0.340. The average Bonchev–Trinajstić information content (AvgIpc) is 2.32.